The quantitative estimate of drug-likeness (QED) is 0.364. The minimum atomic E-state index is -0.475. The molecule has 0 rings (SSSR count). The molecular weight excluding hydrogens is 220 g/mol. The Bertz CT molecular complexity index is 298. The van der Waals surface area contributed by atoms with Crippen LogP contribution < -0.4 is 11.5 Å². The molecule has 4 N–H and O–H groups in total. The van der Waals surface area contributed by atoms with E-state index in [0.29, 0.717) is 13.1 Å². The minimum Gasteiger partial charge on any atom is -0.370 e. The second-order valence-corrected chi connectivity index (χ2v) is 4.09. The Kier molecular flexibility index (Phi) is 6.93. The third-order valence-electron chi connectivity index (χ3n) is 2.46. The average molecular weight is 242 g/mol. The number of aliphatic imine (C=N–C) groups is 1. The van der Waals surface area contributed by atoms with Gasteiger partial charge in [-0.2, -0.15) is 0 Å². The molecule has 0 aliphatic rings. The molecule has 0 aromatic rings. The highest BCUT2D eigenvalue weighted by Gasteiger charge is 2.23. The molecule has 1 unspecified atom stereocenters. The number of nitrogens with zero attached hydrogens (tertiary/aromatic N) is 2. The molecular formula is C11H22N4O2. The van der Waals surface area contributed by atoms with Gasteiger partial charge >= 0.3 is 0 Å². The molecule has 0 radical (unpaired) electrons. The summed E-state index contributed by atoms with van der Waals surface area (Å²) in [6.45, 7) is 4.39. The first-order chi connectivity index (χ1) is 7.90. The van der Waals surface area contributed by atoms with Gasteiger partial charge in [0.25, 0.3) is 5.91 Å². The lowest BCUT2D eigenvalue weighted by Gasteiger charge is -2.17. The lowest BCUT2D eigenvalue weighted by atomic mass is 10.0. The predicted octanol–water partition coefficient (Wildman–Crippen LogP) is -0.276. The van der Waals surface area contributed by atoms with Gasteiger partial charge in [-0.05, 0) is 6.42 Å². The summed E-state index contributed by atoms with van der Waals surface area (Å²) in [6, 6.07) is 0. The highest BCUT2D eigenvalue weighted by molar-refractivity contribution is 6.36. The van der Waals surface area contributed by atoms with Crippen molar-refractivity contribution in [1.82, 2.24) is 4.90 Å². The van der Waals surface area contributed by atoms with Crippen molar-refractivity contribution in [3.05, 3.63) is 0 Å². The number of likely N-dealkylation sites (N-methyl/N-ethyl adjacent to an activating group) is 1. The zero-order chi connectivity index (χ0) is 13.4. The van der Waals surface area contributed by atoms with Gasteiger partial charge in [0, 0.05) is 19.5 Å². The molecule has 6 heteroatoms. The first-order valence-corrected chi connectivity index (χ1v) is 5.74. The van der Waals surface area contributed by atoms with Gasteiger partial charge in [-0.25, -0.2) is 0 Å². The summed E-state index contributed by atoms with van der Waals surface area (Å²) >= 11 is 0. The second-order valence-electron chi connectivity index (χ2n) is 4.09. The van der Waals surface area contributed by atoms with Gasteiger partial charge in [0.15, 0.2) is 5.96 Å². The van der Waals surface area contributed by atoms with Crippen molar-refractivity contribution in [1.29, 1.82) is 0 Å². The Labute approximate surface area is 102 Å². The van der Waals surface area contributed by atoms with Crippen molar-refractivity contribution < 1.29 is 9.59 Å². The van der Waals surface area contributed by atoms with E-state index in [1.165, 1.54) is 4.90 Å². The summed E-state index contributed by atoms with van der Waals surface area (Å²) in [5.74, 6) is -1.06. The van der Waals surface area contributed by atoms with Crippen molar-refractivity contribution in [2.75, 3.05) is 20.1 Å². The molecule has 0 fully saturated rings. The smallest absolute Gasteiger partial charge is 0.290 e. The average Bonchev–Trinajstić information content (AvgIpc) is 2.26. The Morgan fingerprint density at radius 3 is 2.41 bits per heavy atom. The fourth-order valence-corrected chi connectivity index (χ4v) is 1.39. The van der Waals surface area contributed by atoms with Gasteiger partial charge in [0.1, 0.15) is 0 Å². The van der Waals surface area contributed by atoms with Crippen molar-refractivity contribution in [3.63, 3.8) is 0 Å². The zero-order valence-corrected chi connectivity index (χ0v) is 10.8. The van der Waals surface area contributed by atoms with Crippen molar-refractivity contribution >= 4 is 17.6 Å². The number of amides is 1. The van der Waals surface area contributed by atoms with E-state index < -0.39 is 5.91 Å². The maximum Gasteiger partial charge on any atom is 0.290 e. The summed E-state index contributed by atoms with van der Waals surface area (Å²) in [6.07, 6.45) is 1.62. The molecule has 17 heavy (non-hydrogen) atoms. The van der Waals surface area contributed by atoms with Gasteiger partial charge in [-0.3, -0.25) is 14.6 Å². The molecule has 0 spiro atoms. The topological polar surface area (TPSA) is 102 Å². The Morgan fingerprint density at radius 1 is 1.35 bits per heavy atom. The molecule has 0 aromatic carbocycles. The highest BCUT2D eigenvalue weighted by Crippen LogP contribution is 2.07. The van der Waals surface area contributed by atoms with Crippen LogP contribution in [-0.4, -0.2) is 42.7 Å². The fraction of sp³-hybridized carbons (Fsp3) is 0.727. The van der Waals surface area contributed by atoms with Gasteiger partial charge < -0.3 is 16.4 Å². The molecule has 0 aromatic heterocycles. The van der Waals surface area contributed by atoms with Crippen LogP contribution in [0.3, 0.4) is 0 Å². The van der Waals surface area contributed by atoms with Crippen LogP contribution in [0.1, 0.15) is 26.7 Å². The number of hydrogen-bond acceptors (Lipinski definition) is 3. The Balaban J connectivity index is 4.20. The fourth-order valence-electron chi connectivity index (χ4n) is 1.39. The largest absolute Gasteiger partial charge is 0.370 e. The van der Waals surface area contributed by atoms with E-state index in [-0.39, 0.29) is 17.7 Å². The Morgan fingerprint density at radius 2 is 1.94 bits per heavy atom. The lowest BCUT2D eigenvalue weighted by molar-refractivity contribution is -0.145. The van der Waals surface area contributed by atoms with Crippen LogP contribution in [0, 0.1) is 5.92 Å². The molecule has 98 valence electrons. The van der Waals surface area contributed by atoms with Crippen LogP contribution in [0.2, 0.25) is 0 Å². The van der Waals surface area contributed by atoms with Crippen LogP contribution in [0.5, 0.6) is 0 Å². The number of Topliss-reactive ketones (excluding diaryl/α,β-unsaturated/α-hetero) is 1. The summed E-state index contributed by atoms with van der Waals surface area (Å²) in [5.41, 5.74) is 10.3. The molecule has 1 atom stereocenters. The molecule has 0 saturated heterocycles. The zero-order valence-electron chi connectivity index (χ0n) is 10.8. The van der Waals surface area contributed by atoms with Crippen LogP contribution >= 0.6 is 0 Å². The molecule has 1 amide bonds. The van der Waals surface area contributed by atoms with Crippen LogP contribution in [0.4, 0.5) is 0 Å². The SMILES string of the molecule is CCCC(C)C(=O)C(=O)N(C)CCN=C(N)N. The molecule has 0 saturated carbocycles. The first kappa shape index (κ1) is 15.4. The summed E-state index contributed by atoms with van der Waals surface area (Å²) < 4.78 is 0. The number of hydrogen-bond donors (Lipinski definition) is 2. The van der Waals surface area contributed by atoms with E-state index in [2.05, 4.69) is 4.99 Å². The van der Waals surface area contributed by atoms with Crippen LogP contribution in [0.15, 0.2) is 4.99 Å². The summed E-state index contributed by atoms with van der Waals surface area (Å²) in [4.78, 5) is 28.5. The van der Waals surface area contributed by atoms with E-state index in [9.17, 15) is 9.59 Å². The van der Waals surface area contributed by atoms with E-state index in [1.54, 1.807) is 14.0 Å². The number of ketones is 1. The molecule has 0 heterocycles. The molecule has 0 aliphatic heterocycles. The van der Waals surface area contributed by atoms with Crippen molar-refractivity contribution in [3.8, 4) is 0 Å². The minimum absolute atomic E-state index is 0.0171. The van der Waals surface area contributed by atoms with Gasteiger partial charge in [0.05, 0.1) is 6.54 Å². The number of carbonyl (C=O) groups excluding carboxylic acids is 2. The third-order valence-corrected chi connectivity index (χ3v) is 2.46. The number of nitrogens with two attached hydrogens (primary N) is 2. The van der Waals surface area contributed by atoms with Gasteiger partial charge in [-0.15, -0.1) is 0 Å². The summed E-state index contributed by atoms with van der Waals surface area (Å²) in [5, 5.41) is 0. The van der Waals surface area contributed by atoms with Gasteiger partial charge in [-0.1, -0.05) is 20.3 Å². The van der Waals surface area contributed by atoms with E-state index in [0.717, 1.165) is 12.8 Å². The van der Waals surface area contributed by atoms with Crippen molar-refractivity contribution in [2.45, 2.75) is 26.7 Å². The van der Waals surface area contributed by atoms with E-state index in [1.807, 2.05) is 6.92 Å². The number of rotatable bonds is 7. The van der Waals surface area contributed by atoms with E-state index in [4.69, 9.17) is 11.5 Å². The number of guanidine groups is 1. The monoisotopic (exact) mass is 242 g/mol. The van der Waals surface area contributed by atoms with Crippen LogP contribution in [-0.2, 0) is 9.59 Å². The van der Waals surface area contributed by atoms with Crippen molar-refractivity contribution in [2.24, 2.45) is 22.4 Å². The summed E-state index contributed by atoms with van der Waals surface area (Å²) in [7, 11) is 1.57. The molecule has 0 aliphatic carbocycles. The molecule has 0 bridgehead atoms. The predicted molar refractivity (Wildman–Crippen MR) is 67.4 cm³/mol. The second kappa shape index (κ2) is 7.65. The normalized spacial score (nSPS) is 11.7. The first-order valence-electron chi connectivity index (χ1n) is 5.74. The third kappa shape index (κ3) is 5.89. The maximum absolute atomic E-state index is 11.7. The standard InChI is InChI=1S/C11H22N4O2/c1-4-5-8(2)9(16)10(17)15(3)7-6-14-11(12)13/h8H,4-7H2,1-3H3,(H4,12,13,14). The van der Waals surface area contributed by atoms with Gasteiger partial charge in [0.2, 0.25) is 5.78 Å². The van der Waals surface area contributed by atoms with Crippen LogP contribution in [0.25, 0.3) is 0 Å². The Hall–Kier alpha value is -1.59. The molecule has 6 nitrogen and oxygen atoms in total. The lowest BCUT2D eigenvalue weighted by Crippen LogP contribution is -2.38. The highest BCUT2D eigenvalue weighted by atomic mass is 16.2. The maximum atomic E-state index is 11.7. The van der Waals surface area contributed by atoms with E-state index >= 15 is 0 Å². The number of carbonyl (C=O) groups is 2.